The van der Waals surface area contributed by atoms with Crippen LogP contribution in [0.1, 0.15) is 12.0 Å². The van der Waals surface area contributed by atoms with Crippen molar-refractivity contribution in [2.75, 3.05) is 36.5 Å². The standard InChI is InChI=1S/C21H22F2N4O6/c22-14-6-12(27-9-13(33-21(27)31)8-25-18-2-4-32-26-18)7-15(23)19(14)11-1-3-24-16(5-11)20(30)17(29)10-28/h2,4-7,13,16-17,24,28-29H,1,3,8-10H2,(H,25,26)/t13-,16?,17-/m0/s1. The van der Waals surface area contributed by atoms with Gasteiger partial charge < -0.3 is 30.1 Å². The van der Waals surface area contributed by atoms with Gasteiger partial charge in [-0.1, -0.05) is 11.2 Å². The van der Waals surface area contributed by atoms with Gasteiger partial charge in [-0.05, 0) is 24.1 Å². The van der Waals surface area contributed by atoms with E-state index >= 15 is 0 Å². The van der Waals surface area contributed by atoms with E-state index in [1.54, 1.807) is 6.07 Å². The minimum atomic E-state index is -1.59. The van der Waals surface area contributed by atoms with Gasteiger partial charge in [0, 0.05) is 18.2 Å². The van der Waals surface area contributed by atoms with Gasteiger partial charge in [-0.2, -0.15) is 0 Å². The summed E-state index contributed by atoms with van der Waals surface area (Å²) >= 11 is 0. The Balaban J connectivity index is 1.51. The van der Waals surface area contributed by atoms with Crippen LogP contribution >= 0.6 is 0 Å². The lowest BCUT2D eigenvalue weighted by atomic mass is 9.93. The highest BCUT2D eigenvalue weighted by Gasteiger charge is 2.34. The number of aliphatic hydroxyl groups is 2. The number of Topliss-reactive ketones (excluding diaryl/α,β-unsaturated/α-hetero) is 1. The first kappa shape index (κ1) is 22.8. The number of carbonyl (C=O) groups is 2. The molecule has 4 rings (SSSR count). The Hall–Kier alpha value is -3.35. The first-order valence-electron chi connectivity index (χ1n) is 10.3. The number of ether oxygens (including phenoxy) is 1. The predicted octanol–water partition coefficient (Wildman–Crippen LogP) is 1.06. The summed E-state index contributed by atoms with van der Waals surface area (Å²) in [5.41, 5.74) is -0.0635. The highest BCUT2D eigenvalue weighted by Crippen LogP contribution is 2.32. The average molecular weight is 464 g/mol. The van der Waals surface area contributed by atoms with Crippen molar-refractivity contribution in [3.05, 3.63) is 47.7 Å². The molecule has 1 amide bonds. The first-order valence-corrected chi connectivity index (χ1v) is 10.3. The van der Waals surface area contributed by atoms with Crippen LogP contribution in [0.5, 0.6) is 0 Å². The van der Waals surface area contributed by atoms with E-state index in [4.69, 9.17) is 14.4 Å². The Bertz CT molecular complexity index is 1040. The molecule has 1 unspecified atom stereocenters. The third-order valence-corrected chi connectivity index (χ3v) is 5.42. The molecular weight excluding hydrogens is 442 g/mol. The number of amides is 1. The topological polar surface area (TPSA) is 137 Å². The van der Waals surface area contributed by atoms with Gasteiger partial charge in [-0.25, -0.2) is 13.6 Å². The van der Waals surface area contributed by atoms with Crippen molar-refractivity contribution in [1.82, 2.24) is 10.5 Å². The number of carbonyl (C=O) groups excluding carboxylic acids is 2. The molecule has 2 aliphatic heterocycles. The van der Waals surface area contributed by atoms with Crippen LogP contribution < -0.4 is 15.5 Å². The maximum absolute atomic E-state index is 15.0. The van der Waals surface area contributed by atoms with Crippen molar-refractivity contribution in [2.45, 2.75) is 24.7 Å². The first-order chi connectivity index (χ1) is 15.9. The molecule has 0 aliphatic carbocycles. The van der Waals surface area contributed by atoms with Crippen LogP contribution in [0.25, 0.3) is 5.57 Å². The molecule has 2 aliphatic rings. The maximum Gasteiger partial charge on any atom is 0.414 e. The van der Waals surface area contributed by atoms with Gasteiger partial charge in [0.15, 0.2) is 11.6 Å². The Labute approximate surface area is 186 Å². The monoisotopic (exact) mass is 464 g/mol. The number of cyclic esters (lactones) is 1. The van der Waals surface area contributed by atoms with Crippen LogP contribution in [0.4, 0.5) is 25.1 Å². The van der Waals surface area contributed by atoms with E-state index in [1.807, 2.05) is 0 Å². The SMILES string of the molecule is O=C(C1C=C(c2c(F)cc(N3C[C@H](CNc4ccon4)OC3=O)cc2F)CCN1)[C@@H](O)CO. The fraction of sp³-hybridized carbons (Fsp3) is 0.381. The summed E-state index contributed by atoms with van der Waals surface area (Å²) < 4.78 is 39.9. The van der Waals surface area contributed by atoms with Crippen LogP contribution in [0.3, 0.4) is 0 Å². The Morgan fingerprint density at radius 3 is 2.79 bits per heavy atom. The maximum atomic E-state index is 15.0. The van der Waals surface area contributed by atoms with Gasteiger partial charge in [0.05, 0.1) is 31.4 Å². The second kappa shape index (κ2) is 9.65. The Kier molecular flexibility index (Phi) is 6.67. The zero-order valence-corrected chi connectivity index (χ0v) is 17.3. The van der Waals surface area contributed by atoms with E-state index in [1.165, 1.54) is 12.3 Å². The molecule has 1 fully saturated rings. The number of nitrogens with zero attached hydrogens (tertiary/aromatic N) is 2. The van der Waals surface area contributed by atoms with Crippen LogP contribution in [-0.4, -0.2) is 71.7 Å². The van der Waals surface area contributed by atoms with E-state index in [9.17, 15) is 23.5 Å². The highest BCUT2D eigenvalue weighted by molar-refractivity contribution is 5.92. The van der Waals surface area contributed by atoms with E-state index in [2.05, 4.69) is 15.8 Å². The molecule has 0 saturated carbocycles. The molecular formula is C21H22F2N4O6. The third-order valence-electron chi connectivity index (χ3n) is 5.42. The quantitative estimate of drug-likeness (QED) is 0.452. The lowest BCUT2D eigenvalue weighted by Crippen LogP contribution is -2.45. The summed E-state index contributed by atoms with van der Waals surface area (Å²) in [5.74, 6) is -2.03. The number of ketones is 1. The molecule has 10 nitrogen and oxygen atoms in total. The molecule has 33 heavy (non-hydrogen) atoms. The van der Waals surface area contributed by atoms with Crippen molar-refractivity contribution in [2.24, 2.45) is 0 Å². The normalized spacial score (nSPS) is 21.5. The number of anilines is 2. The summed E-state index contributed by atoms with van der Waals surface area (Å²) in [4.78, 5) is 25.5. The van der Waals surface area contributed by atoms with Gasteiger partial charge in [-0.3, -0.25) is 9.69 Å². The van der Waals surface area contributed by atoms with Crippen LogP contribution in [0, 0.1) is 11.6 Å². The predicted molar refractivity (Wildman–Crippen MR) is 111 cm³/mol. The van der Waals surface area contributed by atoms with Crippen molar-refractivity contribution in [1.29, 1.82) is 0 Å². The van der Waals surface area contributed by atoms with Crippen LogP contribution in [0.2, 0.25) is 0 Å². The van der Waals surface area contributed by atoms with Crippen molar-refractivity contribution in [3.8, 4) is 0 Å². The second-order valence-electron chi connectivity index (χ2n) is 7.64. The molecule has 0 spiro atoms. The molecule has 0 bridgehead atoms. The van der Waals surface area contributed by atoms with Gasteiger partial charge in [0.25, 0.3) is 0 Å². The fourth-order valence-corrected chi connectivity index (χ4v) is 3.78. The smallest absolute Gasteiger partial charge is 0.414 e. The fourth-order valence-electron chi connectivity index (χ4n) is 3.78. The number of nitrogens with one attached hydrogen (secondary N) is 2. The van der Waals surface area contributed by atoms with Crippen molar-refractivity contribution < 1.29 is 37.8 Å². The molecule has 1 aromatic carbocycles. The van der Waals surface area contributed by atoms with Gasteiger partial charge >= 0.3 is 6.09 Å². The third kappa shape index (κ3) is 4.87. The molecule has 2 aromatic rings. The number of aromatic nitrogens is 1. The number of hydrogen-bond acceptors (Lipinski definition) is 9. The van der Waals surface area contributed by atoms with E-state index in [0.717, 1.165) is 17.0 Å². The van der Waals surface area contributed by atoms with Crippen molar-refractivity contribution in [3.63, 3.8) is 0 Å². The van der Waals surface area contributed by atoms with Gasteiger partial charge in [0.2, 0.25) is 0 Å². The van der Waals surface area contributed by atoms with E-state index < -0.39 is 48.4 Å². The van der Waals surface area contributed by atoms with E-state index in [-0.39, 0.29) is 42.9 Å². The number of halogens is 2. The molecule has 3 heterocycles. The average Bonchev–Trinajstić information content (AvgIpc) is 3.45. The van der Waals surface area contributed by atoms with Gasteiger partial charge in [0.1, 0.15) is 30.1 Å². The minimum Gasteiger partial charge on any atom is -0.442 e. The van der Waals surface area contributed by atoms with E-state index in [0.29, 0.717) is 5.82 Å². The highest BCUT2D eigenvalue weighted by atomic mass is 19.1. The molecule has 1 aromatic heterocycles. The number of hydrogen-bond donors (Lipinski definition) is 4. The zero-order valence-electron chi connectivity index (χ0n) is 17.3. The summed E-state index contributed by atoms with van der Waals surface area (Å²) in [6, 6.07) is 2.68. The zero-order chi connectivity index (χ0) is 23.5. The second-order valence-corrected chi connectivity index (χ2v) is 7.64. The molecule has 176 valence electrons. The number of aliphatic hydroxyl groups excluding tert-OH is 2. The number of benzene rings is 1. The minimum absolute atomic E-state index is 0.000509. The molecule has 3 atom stereocenters. The Morgan fingerprint density at radius 1 is 1.36 bits per heavy atom. The Morgan fingerprint density at radius 2 is 2.12 bits per heavy atom. The summed E-state index contributed by atoms with van der Waals surface area (Å²) in [7, 11) is 0. The van der Waals surface area contributed by atoms with Gasteiger partial charge in [-0.15, -0.1) is 0 Å². The molecule has 1 saturated heterocycles. The molecule has 12 heteroatoms. The summed E-state index contributed by atoms with van der Waals surface area (Å²) in [6.07, 6.45) is 0.0563. The summed E-state index contributed by atoms with van der Waals surface area (Å²) in [6.45, 7) is -0.199. The van der Waals surface area contributed by atoms with Crippen molar-refractivity contribution >= 4 is 29.0 Å². The largest absolute Gasteiger partial charge is 0.442 e. The molecule has 0 radical (unpaired) electrons. The van der Waals surface area contributed by atoms with Crippen LogP contribution in [0.15, 0.2) is 35.1 Å². The van der Waals surface area contributed by atoms with Crippen LogP contribution in [-0.2, 0) is 9.53 Å². The molecule has 4 N–H and O–H groups in total. The number of rotatable bonds is 8. The summed E-state index contributed by atoms with van der Waals surface area (Å²) in [5, 5.41) is 28.0. The lowest BCUT2D eigenvalue weighted by Gasteiger charge is -2.24. The lowest BCUT2D eigenvalue weighted by molar-refractivity contribution is -0.130.